The third-order valence-corrected chi connectivity index (χ3v) is 3.76. The minimum absolute atomic E-state index is 0.0959. The number of aromatic nitrogens is 2. The number of ether oxygens (including phenoxy) is 3. The topological polar surface area (TPSA) is 147 Å². The standard InChI is InChI=1S/C12H19N5O5/c1-12(2)21-7-6(4-18)20-11(8(7)22-12)17-9(13)5(3-15-17)10(19)16-14/h3,6-8,11,18H,4,13-14H2,1-2H3,(H,16,19)/t6-,7-,8-,11-/m1/s1. The van der Waals surface area contributed by atoms with Crippen LogP contribution in [0.2, 0.25) is 0 Å². The number of aliphatic hydroxyl groups is 1. The van der Waals surface area contributed by atoms with Crippen LogP contribution in [0.4, 0.5) is 5.82 Å². The van der Waals surface area contributed by atoms with Crippen LogP contribution in [0, 0.1) is 0 Å². The van der Waals surface area contributed by atoms with E-state index in [0.717, 1.165) is 0 Å². The SMILES string of the molecule is CC1(C)O[C@@H]2[C@H](O1)[C@@H](CO)O[C@H]2n1ncc(C(=O)NN)c1N. The van der Waals surface area contributed by atoms with Crippen LogP contribution in [0.3, 0.4) is 0 Å². The number of anilines is 1. The number of nitrogen functional groups attached to an aromatic ring is 2. The van der Waals surface area contributed by atoms with Gasteiger partial charge in [-0.3, -0.25) is 10.2 Å². The van der Waals surface area contributed by atoms with E-state index >= 15 is 0 Å². The van der Waals surface area contributed by atoms with Gasteiger partial charge in [-0.2, -0.15) is 5.10 Å². The third kappa shape index (κ3) is 2.25. The maximum atomic E-state index is 11.6. The third-order valence-electron chi connectivity index (χ3n) is 3.76. The molecule has 3 rings (SSSR count). The van der Waals surface area contributed by atoms with Crippen molar-refractivity contribution in [2.75, 3.05) is 12.3 Å². The molecule has 10 heteroatoms. The molecule has 0 aliphatic carbocycles. The second-order valence-electron chi connectivity index (χ2n) is 5.67. The zero-order chi connectivity index (χ0) is 16.1. The Labute approximate surface area is 126 Å². The van der Waals surface area contributed by atoms with Gasteiger partial charge >= 0.3 is 0 Å². The highest BCUT2D eigenvalue weighted by atomic mass is 16.8. The number of carbonyl (C=O) groups excluding carboxylic acids is 1. The maximum Gasteiger partial charge on any atom is 0.270 e. The first-order chi connectivity index (χ1) is 10.4. The zero-order valence-corrected chi connectivity index (χ0v) is 12.2. The normalized spacial score (nSPS) is 32.9. The summed E-state index contributed by atoms with van der Waals surface area (Å²) in [5.41, 5.74) is 8.07. The van der Waals surface area contributed by atoms with Crippen LogP contribution in [0.15, 0.2) is 6.20 Å². The van der Waals surface area contributed by atoms with Gasteiger partial charge in [-0.1, -0.05) is 0 Å². The van der Waals surface area contributed by atoms with Crippen LogP contribution >= 0.6 is 0 Å². The summed E-state index contributed by atoms with van der Waals surface area (Å²) in [6.07, 6.45) is -0.915. The molecule has 2 fully saturated rings. The van der Waals surface area contributed by atoms with Gasteiger partial charge in [0.25, 0.3) is 5.91 Å². The molecule has 2 saturated heterocycles. The molecule has 0 aromatic carbocycles. The van der Waals surface area contributed by atoms with Gasteiger partial charge in [0.05, 0.1) is 12.8 Å². The van der Waals surface area contributed by atoms with Crippen molar-refractivity contribution in [2.24, 2.45) is 5.84 Å². The Bertz CT molecular complexity index is 588. The number of fused-ring (bicyclic) bond motifs is 1. The Morgan fingerprint density at radius 2 is 2.18 bits per heavy atom. The molecule has 4 atom stereocenters. The van der Waals surface area contributed by atoms with E-state index in [2.05, 4.69) is 5.10 Å². The van der Waals surface area contributed by atoms with Crippen molar-refractivity contribution in [3.05, 3.63) is 11.8 Å². The number of hydrogen-bond donors (Lipinski definition) is 4. The first kappa shape index (κ1) is 15.2. The number of nitrogens with one attached hydrogen (secondary N) is 1. The molecule has 22 heavy (non-hydrogen) atoms. The van der Waals surface area contributed by atoms with Gasteiger partial charge in [0, 0.05) is 0 Å². The highest BCUT2D eigenvalue weighted by molar-refractivity contribution is 5.97. The van der Waals surface area contributed by atoms with Crippen LogP contribution in [0.25, 0.3) is 0 Å². The molecule has 0 unspecified atom stereocenters. The van der Waals surface area contributed by atoms with E-state index in [9.17, 15) is 9.90 Å². The predicted octanol–water partition coefficient (Wildman–Crippen LogP) is -1.52. The van der Waals surface area contributed by atoms with E-state index in [-0.39, 0.29) is 18.0 Å². The minimum Gasteiger partial charge on any atom is -0.394 e. The van der Waals surface area contributed by atoms with E-state index in [1.54, 1.807) is 13.8 Å². The summed E-state index contributed by atoms with van der Waals surface area (Å²) in [5, 5.41) is 13.5. The fourth-order valence-corrected chi connectivity index (χ4v) is 2.83. The van der Waals surface area contributed by atoms with E-state index in [0.29, 0.717) is 0 Å². The monoisotopic (exact) mass is 313 g/mol. The van der Waals surface area contributed by atoms with Gasteiger partial charge in [0.1, 0.15) is 29.7 Å². The number of nitrogens with zero attached hydrogens (tertiary/aromatic N) is 2. The molecule has 0 spiro atoms. The Morgan fingerprint density at radius 3 is 2.82 bits per heavy atom. The van der Waals surface area contributed by atoms with Crippen molar-refractivity contribution in [2.45, 2.75) is 44.2 Å². The molecule has 122 valence electrons. The highest BCUT2D eigenvalue weighted by Gasteiger charge is 2.56. The number of carbonyl (C=O) groups is 1. The highest BCUT2D eigenvalue weighted by Crippen LogP contribution is 2.43. The molecule has 0 radical (unpaired) electrons. The van der Waals surface area contributed by atoms with Crippen molar-refractivity contribution in [1.82, 2.24) is 15.2 Å². The van der Waals surface area contributed by atoms with E-state index in [4.69, 9.17) is 25.8 Å². The van der Waals surface area contributed by atoms with Crippen LogP contribution in [0.5, 0.6) is 0 Å². The Morgan fingerprint density at radius 1 is 1.50 bits per heavy atom. The lowest BCUT2D eigenvalue weighted by molar-refractivity contribution is -0.201. The van der Waals surface area contributed by atoms with Gasteiger partial charge in [-0.15, -0.1) is 0 Å². The fraction of sp³-hybridized carbons (Fsp3) is 0.667. The maximum absolute atomic E-state index is 11.6. The van der Waals surface area contributed by atoms with E-state index in [1.807, 2.05) is 5.43 Å². The summed E-state index contributed by atoms with van der Waals surface area (Å²) in [7, 11) is 0. The summed E-state index contributed by atoms with van der Waals surface area (Å²) >= 11 is 0. The average Bonchev–Trinajstić information content (AvgIpc) is 3.08. The summed E-state index contributed by atoms with van der Waals surface area (Å²) in [6, 6.07) is 0. The molecule has 0 saturated carbocycles. The molecule has 1 amide bonds. The molecule has 0 bridgehead atoms. The van der Waals surface area contributed by atoms with Crippen molar-refractivity contribution < 1.29 is 24.1 Å². The molecule has 3 heterocycles. The molecular formula is C12H19N5O5. The number of aliphatic hydroxyl groups excluding tert-OH is 1. The lowest BCUT2D eigenvalue weighted by Gasteiger charge is -2.24. The zero-order valence-electron chi connectivity index (χ0n) is 12.2. The van der Waals surface area contributed by atoms with E-state index in [1.165, 1.54) is 10.9 Å². The Kier molecular flexibility index (Phi) is 3.57. The van der Waals surface area contributed by atoms with Crippen LogP contribution < -0.4 is 17.0 Å². The van der Waals surface area contributed by atoms with Gasteiger partial charge in [-0.25, -0.2) is 10.5 Å². The molecule has 2 aliphatic rings. The molecular weight excluding hydrogens is 294 g/mol. The molecule has 1 aromatic rings. The van der Waals surface area contributed by atoms with Gasteiger partial charge in [0.15, 0.2) is 12.0 Å². The first-order valence-corrected chi connectivity index (χ1v) is 6.84. The Balaban J connectivity index is 1.92. The predicted molar refractivity (Wildman–Crippen MR) is 73.1 cm³/mol. The molecule has 1 aromatic heterocycles. The average molecular weight is 313 g/mol. The van der Waals surface area contributed by atoms with Crippen molar-refractivity contribution in [1.29, 1.82) is 0 Å². The number of rotatable bonds is 3. The van der Waals surface area contributed by atoms with Crippen molar-refractivity contribution in [3.63, 3.8) is 0 Å². The molecule has 10 nitrogen and oxygen atoms in total. The van der Waals surface area contributed by atoms with Crippen molar-refractivity contribution in [3.8, 4) is 0 Å². The quantitative estimate of drug-likeness (QED) is 0.299. The second kappa shape index (κ2) is 5.18. The number of nitrogens with two attached hydrogens (primary N) is 2. The number of hydrogen-bond acceptors (Lipinski definition) is 8. The lowest BCUT2D eigenvalue weighted by atomic mass is 10.1. The Hall–Kier alpha value is -1.72. The lowest BCUT2D eigenvalue weighted by Crippen LogP contribution is -2.32. The largest absolute Gasteiger partial charge is 0.394 e. The van der Waals surface area contributed by atoms with Crippen LogP contribution in [0.1, 0.15) is 30.4 Å². The summed E-state index contributed by atoms with van der Waals surface area (Å²) in [4.78, 5) is 11.6. The summed E-state index contributed by atoms with van der Waals surface area (Å²) in [5.74, 6) is 3.84. The second-order valence-corrected chi connectivity index (χ2v) is 5.67. The first-order valence-electron chi connectivity index (χ1n) is 6.84. The van der Waals surface area contributed by atoms with E-state index < -0.39 is 36.2 Å². The van der Waals surface area contributed by atoms with Gasteiger partial charge in [-0.05, 0) is 13.8 Å². The number of hydrazine groups is 1. The molecule has 2 aliphatic heterocycles. The van der Waals surface area contributed by atoms with Crippen LogP contribution in [-0.2, 0) is 14.2 Å². The van der Waals surface area contributed by atoms with Crippen LogP contribution in [-0.4, -0.2) is 51.5 Å². The summed E-state index contributed by atoms with van der Waals surface area (Å²) < 4.78 is 18.6. The van der Waals surface area contributed by atoms with Gasteiger partial charge in [0.2, 0.25) is 0 Å². The fourth-order valence-electron chi connectivity index (χ4n) is 2.83. The smallest absolute Gasteiger partial charge is 0.270 e. The summed E-state index contributed by atoms with van der Waals surface area (Å²) in [6.45, 7) is 3.32. The molecule has 6 N–H and O–H groups in total. The van der Waals surface area contributed by atoms with Crippen molar-refractivity contribution >= 4 is 11.7 Å². The number of amides is 1. The van der Waals surface area contributed by atoms with Gasteiger partial charge < -0.3 is 25.1 Å². The minimum atomic E-state index is -0.801.